The summed E-state index contributed by atoms with van der Waals surface area (Å²) >= 11 is 6.68. The molecule has 1 atom stereocenters. The van der Waals surface area contributed by atoms with Gasteiger partial charge in [0.2, 0.25) is 15.9 Å². The number of anilines is 2. The lowest BCUT2D eigenvalue weighted by molar-refractivity contribution is -0.117. The van der Waals surface area contributed by atoms with Crippen LogP contribution in [0.3, 0.4) is 0 Å². The molecule has 9 heteroatoms. The van der Waals surface area contributed by atoms with Crippen molar-refractivity contribution in [2.45, 2.75) is 6.42 Å². The van der Waals surface area contributed by atoms with E-state index in [-0.39, 0.29) is 24.0 Å². The van der Waals surface area contributed by atoms with E-state index in [1.807, 2.05) is 0 Å². The van der Waals surface area contributed by atoms with Gasteiger partial charge in [-0.15, -0.1) is 0 Å². The van der Waals surface area contributed by atoms with E-state index in [0.717, 1.165) is 8.95 Å². The van der Waals surface area contributed by atoms with Crippen LogP contribution in [0.15, 0.2) is 21.1 Å². The largest absolute Gasteiger partial charge is 0.397 e. The quantitative estimate of drug-likeness (QED) is 0.713. The van der Waals surface area contributed by atoms with E-state index in [4.69, 9.17) is 10.9 Å². The molecule has 1 amide bonds. The second kappa shape index (κ2) is 5.63. The van der Waals surface area contributed by atoms with Gasteiger partial charge in [-0.1, -0.05) is 0 Å². The van der Waals surface area contributed by atoms with Gasteiger partial charge in [0, 0.05) is 27.8 Å². The van der Waals surface area contributed by atoms with Gasteiger partial charge in [0.25, 0.3) is 0 Å². The number of nitrogen functional groups attached to an aromatic ring is 1. The zero-order valence-corrected chi connectivity index (χ0v) is 14.3. The average molecular weight is 427 g/mol. The van der Waals surface area contributed by atoms with Crippen LogP contribution in [0.5, 0.6) is 0 Å². The summed E-state index contributed by atoms with van der Waals surface area (Å²) in [6.07, 6.45) is 0.156. The average Bonchev–Trinajstić information content (AvgIpc) is 2.62. The van der Waals surface area contributed by atoms with Gasteiger partial charge in [0.05, 0.1) is 17.1 Å². The molecule has 110 valence electrons. The molecule has 1 unspecified atom stereocenters. The van der Waals surface area contributed by atoms with Gasteiger partial charge in [0.15, 0.2) is 0 Å². The number of amides is 1. The Labute approximate surface area is 133 Å². The predicted octanol–water partition coefficient (Wildman–Crippen LogP) is 1.44. The van der Waals surface area contributed by atoms with E-state index >= 15 is 0 Å². The molecule has 0 aromatic heterocycles. The highest BCUT2D eigenvalue weighted by molar-refractivity contribution is 9.13. The third-order valence-corrected chi connectivity index (χ3v) is 5.81. The summed E-state index contributed by atoms with van der Waals surface area (Å²) in [5, 5.41) is 5.02. The summed E-state index contributed by atoms with van der Waals surface area (Å²) in [5.74, 6) is -0.661. The maximum Gasteiger partial charge on any atom is 0.227 e. The monoisotopic (exact) mass is 425 g/mol. The standard InChI is InChI=1S/C11H13Br2N3O3S/c12-7-2-9(14)10(3-8(7)13)16-4-6(1-11(16)17)5-20(15,18)19/h2-3,6H,1,4-5,14H2,(H2,15,18,19). The highest BCUT2D eigenvalue weighted by Gasteiger charge is 2.33. The Hall–Kier alpha value is -0.640. The van der Waals surface area contributed by atoms with Gasteiger partial charge >= 0.3 is 0 Å². The second-order valence-corrected chi connectivity index (χ2v) is 8.10. The molecule has 1 fully saturated rings. The lowest BCUT2D eigenvalue weighted by atomic mass is 10.1. The van der Waals surface area contributed by atoms with E-state index in [1.54, 1.807) is 12.1 Å². The van der Waals surface area contributed by atoms with Crippen molar-refractivity contribution in [2.75, 3.05) is 22.9 Å². The maximum atomic E-state index is 12.0. The van der Waals surface area contributed by atoms with Crippen LogP contribution < -0.4 is 15.8 Å². The molecular weight excluding hydrogens is 414 g/mol. The zero-order valence-electron chi connectivity index (χ0n) is 10.3. The molecule has 0 spiro atoms. The molecule has 0 aliphatic carbocycles. The summed E-state index contributed by atoms with van der Waals surface area (Å²) in [6.45, 7) is 0.299. The minimum Gasteiger partial charge on any atom is -0.397 e. The molecule has 1 aliphatic heterocycles. The number of rotatable bonds is 3. The van der Waals surface area contributed by atoms with E-state index in [2.05, 4.69) is 31.9 Å². The number of benzene rings is 1. The summed E-state index contributed by atoms with van der Waals surface area (Å²) in [4.78, 5) is 13.5. The van der Waals surface area contributed by atoms with Gasteiger partial charge < -0.3 is 10.6 Å². The van der Waals surface area contributed by atoms with Crippen LogP contribution >= 0.6 is 31.9 Å². The molecule has 0 radical (unpaired) electrons. The number of nitrogens with two attached hydrogens (primary N) is 2. The predicted molar refractivity (Wildman–Crippen MR) is 84.7 cm³/mol. The van der Waals surface area contributed by atoms with Crippen LogP contribution in [0.4, 0.5) is 11.4 Å². The normalized spacial score (nSPS) is 19.6. The van der Waals surface area contributed by atoms with Gasteiger partial charge in [0.1, 0.15) is 0 Å². The molecule has 4 N–H and O–H groups in total. The van der Waals surface area contributed by atoms with E-state index in [9.17, 15) is 13.2 Å². The van der Waals surface area contributed by atoms with Crippen molar-refractivity contribution in [1.29, 1.82) is 0 Å². The summed E-state index contributed by atoms with van der Waals surface area (Å²) in [6, 6.07) is 3.43. The molecule has 1 aromatic rings. The lowest BCUT2D eigenvalue weighted by Crippen LogP contribution is -2.28. The SMILES string of the molecule is Nc1cc(Br)c(Br)cc1N1CC(CS(N)(=O)=O)CC1=O. The van der Waals surface area contributed by atoms with E-state index < -0.39 is 10.0 Å². The van der Waals surface area contributed by atoms with Crippen molar-refractivity contribution in [3.05, 3.63) is 21.1 Å². The first-order valence-electron chi connectivity index (χ1n) is 5.72. The molecule has 0 bridgehead atoms. The topological polar surface area (TPSA) is 106 Å². The van der Waals surface area contributed by atoms with Gasteiger partial charge in [-0.3, -0.25) is 4.79 Å². The summed E-state index contributed by atoms with van der Waals surface area (Å²) in [5.41, 5.74) is 6.94. The summed E-state index contributed by atoms with van der Waals surface area (Å²) in [7, 11) is -3.59. The lowest BCUT2D eigenvalue weighted by Gasteiger charge is -2.19. The molecule has 20 heavy (non-hydrogen) atoms. The first-order chi connectivity index (χ1) is 9.17. The van der Waals surface area contributed by atoms with Crippen molar-refractivity contribution in [3.8, 4) is 0 Å². The maximum absolute atomic E-state index is 12.0. The molecule has 2 rings (SSSR count). The fourth-order valence-corrected chi connectivity index (χ4v) is 3.81. The van der Waals surface area contributed by atoms with Crippen LogP contribution in [0.2, 0.25) is 0 Å². The molecular formula is C11H13Br2N3O3S. The smallest absolute Gasteiger partial charge is 0.227 e. The van der Waals surface area contributed by atoms with Crippen LogP contribution in [-0.2, 0) is 14.8 Å². The van der Waals surface area contributed by atoms with Crippen LogP contribution in [-0.4, -0.2) is 26.6 Å². The Kier molecular flexibility index (Phi) is 4.43. The number of nitrogens with zero attached hydrogens (tertiary/aromatic N) is 1. The Morgan fingerprint density at radius 1 is 1.30 bits per heavy atom. The van der Waals surface area contributed by atoms with E-state index in [0.29, 0.717) is 17.9 Å². The molecule has 1 saturated heterocycles. The van der Waals surface area contributed by atoms with Crippen LogP contribution in [0, 0.1) is 5.92 Å². The van der Waals surface area contributed by atoms with Crippen LogP contribution in [0.1, 0.15) is 6.42 Å². The van der Waals surface area contributed by atoms with Crippen molar-refractivity contribution in [3.63, 3.8) is 0 Å². The summed E-state index contributed by atoms with van der Waals surface area (Å²) < 4.78 is 23.8. The number of primary sulfonamides is 1. The Bertz CT molecular complexity index is 663. The number of sulfonamides is 1. The third kappa shape index (κ3) is 3.51. The number of carbonyl (C=O) groups excluding carboxylic acids is 1. The minimum atomic E-state index is -3.59. The van der Waals surface area contributed by atoms with Crippen molar-refractivity contribution in [1.82, 2.24) is 0 Å². The molecule has 1 heterocycles. The van der Waals surface area contributed by atoms with Crippen molar-refractivity contribution >= 4 is 59.2 Å². The van der Waals surface area contributed by atoms with Gasteiger partial charge in [-0.05, 0) is 44.0 Å². The van der Waals surface area contributed by atoms with Crippen molar-refractivity contribution < 1.29 is 13.2 Å². The fraction of sp³-hybridized carbons (Fsp3) is 0.364. The van der Waals surface area contributed by atoms with Gasteiger partial charge in [-0.2, -0.15) is 0 Å². The Morgan fingerprint density at radius 2 is 1.90 bits per heavy atom. The third-order valence-electron chi connectivity index (χ3n) is 3.03. The molecule has 6 nitrogen and oxygen atoms in total. The molecule has 1 aromatic carbocycles. The Balaban J connectivity index is 2.26. The second-order valence-electron chi connectivity index (χ2n) is 4.73. The zero-order chi connectivity index (χ0) is 15.1. The fourth-order valence-electron chi connectivity index (χ4n) is 2.24. The highest BCUT2D eigenvalue weighted by atomic mass is 79.9. The molecule has 0 saturated carbocycles. The highest BCUT2D eigenvalue weighted by Crippen LogP contribution is 2.36. The number of halogens is 2. The number of hydrogen-bond acceptors (Lipinski definition) is 4. The first kappa shape index (κ1) is 15.7. The van der Waals surface area contributed by atoms with Crippen LogP contribution in [0.25, 0.3) is 0 Å². The number of hydrogen-bond donors (Lipinski definition) is 2. The first-order valence-corrected chi connectivity index (χ1v) is 9.03. The van der Waals surface area contributed by atoms with E-state index in [1.165, 1.54) is 4.90 Å². The number of carbonyl (C=O) groups is 1. The minimum absolute atomic E-state index is 0.153. The van der Waals surface area contributed by atoms with Crippen molar-refractivity contribution in [2.24, 2.45) is 11.1 Å². The Morgan fingerprint density at radius 3 is 2.50 bits per heavy atom. The van der Waals surface area contributed by atoms with Gasteiger partial charge in [-0.25, -0.2) is 13.6 Å². The molecule has 1 aliphatic rings.